The van der Waals surface area contributed by atoms with Gasteiger partial charge in [-0.05, 0) is 38.1 Å². The maximum atomic E-state index is 12.6. The first-order valence-corrected chi connectivity index (χ1v) is 8.40. The Balaban J connectivity index is 1.45. The van der Waals surface area contributed by atoms with Crippen LogP contribution in [0.2, 0.25) is 0 Å². The average molecular weight is 279 g/mol. The van der Waals surface area contributed by atoms with Gasteiger partial charge in [-0.15, -0.1) is 0 Å². The van der Waals surface area contributed by atoms with Crippen LogP contribution in [0.4, 0.5) is 0 Å². The van der Waals surface area contributed by atoms with Gasteiger partial charge in [0.25, 0.3) is 0 Å². The zero-order chi connectivity index (χ0) is 14.1. The van der Waals surface area contributed by atoms with Crippen LogP contribution in [0.1, 0.15) is 39.5 Å². The predicted molar refractivity (Wildman–Crippen MR) is 80.5 cm³/mol. The van der Waals surface area contributed by atoms with Crippen molar-refractivity contribution in [2.45, 2.75) is 51.6 Å². The van der Waals surface area contributed by atoms with Gasteiger partial charge >= 0.3 is 0 Å². The number of amides is 1. The van der Waals surface area contributed by atoms with Crippen LogP contribution in [-0.2, 0) is 4.79 Å². The van der Waals surface area contributed by atoms with Crippen molar-refractivity contribution in [3.8, 4) is 0 Å². The van der Waals surface area contributed by atoms with Crippen LogP contribution in [0.15, 0.2) is 0 Å². The van der Waals surface area contributed by atoms with E-state index in [4.69, 9.17) is 0 Å². The first-order chi connectivity index (χ1) is 9.63. The van der Waals surface area contributed by atoms with Crippen LogP contribution in [0.5, 0.6) is 0 Å². The first kappa shape index (κ1) is 14.3. The number of nitrogens with zero attached hydrogens (tertiary/aromatic N) is 2. The number of piperazine rings is 1. The summed E-state index contributed by atoms with van der Waals surface area (Å²) < 4.78 is 0. The van der Waals surface area contributed by atoms with Gasteiger partial charge in [-0.3, -0.25) is 9.69 Å². The third-order valence-corrected chi connectivity index (χ3v) is 5.32. The summed E-state index contributed by atoms with van der Waals surface area (Å²) in [6, 6.07) is 1.10. The van der Waals surface area contributed by atoms with Crippen molar-refractivity contribution in [1.29, 1.82) is 0 Å². The number of hydrogen-bond acceptors (Lipinski definition) is 3. The number of carbonyl (C=O) groups is 1. The molecular formula is C16H29N3O. The van der Waals surface area contributed by atoms with Crippen LogP contribution < -0.4 is 5.32 Å². The van der Waals surface area contributed by atoms with Gasteiger partial charge in [-0.1, -0.05) is 13.8 Å². The van der Waals surface area contributed by atoms with E-state index in [1.165, 1.54) is 25.8 Å². The molecule has 2 bridgehead atoms. The van der Waals surface area contributed by atoms with Crippen molar-refractivity contribution in [2.75, 3.05) is 32.7 Å². The van der Waals surface area contributed by atoms with Crippen LogP contribution in [0.25, 0.3) is 0 Å². The van der Waals surface area contributed by atoms with Gasteiger partial charge in [0.1, 0.15) is 0 Å². The van der Waals surface area contributed by atoms with Crippen molar-refractivity contribution < 1.29 is 4.79 Å². The van der Waals surface area contributed by atoms with E-state index in [0.717, 1.165) is 38.5 Å². The zero-order valence-corrected chi connectivity index (χ0v) is 13.0. The molecule has 3 fully saturated rings. The monoisotopic (exact) mass is 279 g/mol. The zero-order valence-electron chi connectivity index (χ0n) is 13.0. The molecule has 0 aromatic rings. The lowest BCUT2D eigenvalue weighted by Gasteiger charge is -2.37. The summed E-state index contributed by atoms with van der Waals surface area (Å²) in [6.45, 7) is 9.74. The quantitative estimate of drug-likeness (QED) is 0.843. The van der Waals surface area contributed by atoms with E-state index < -0.39 is 0 Å². The number of carbonyl (C=O) groups excluding carboxylic acids is 1. The van der Waals surface area contributed by atoms with Gasteiger partial charge in [-0.2, -0.15) is 0 Å². The summed E-state index contributed by atoms with van der Waals surface area (Å²) >= 11 is 0. The molecule has 3 atom stereocenters. The summed E-state index contributed by atoms with van der Waals surface area (Å²) in [6.07, 6.45) is 4.83. The van der Waals surface area contributed by atoms with E-state index in [0.29, 0.717) is 18.0 Å². The van der Waals surface area contributed by atoms with E-state index in [9.17, 15) is 4.79 Å². The highest BCUT2D eigenvalue weighted by Gasteiger charge is 2.44. The normalized spacial score (nSPS) is 34.1. The molecule has 3 saturated heterocycles. The molecule has 4 heteroatoms. The van der Waals surface area contributed by atoms with Gasteiger partial charge in [-0.25, -0.2) is 0 Å². The maximum absolute atomic E-state index is 12.6. The molecule has 0 aliphatic carbocycles. The van der Waals surface area contributed by atoms with E-state index in [1.54, 1.807) is 0 Å². The molecule has 3 aliphatic rings. The third-order valence-electron chi connectivity index (χ3n) is 5.32. The minimum Gasteiger partial charge on any atom is -0.340 e. The lowest BCUT2D eigenvalue weighted by atomic mass is 9.88. The Labute approximate surface area is 122 Å². The second-order valence-electron chi connectivity index (χ2n) is 7.24. The van der Waals surface area contributed by atoms with E-state index >= 15 is 0 Å². The van der Waals surface area contributed by atoms with Crippen molar-refractivity contribution in [2.24, 2.45) is 11.8 Å². The predicted octanol–water partition coefficient (Wildman–Crippen LogP) is 1.32. The van der Waals surface area contributed by atoms with Crippen LogP contribution in [-0.4, -0.2) is 60.5 Å². The molecule has 0 spiro atoms. The van der Waals surface area contributed by atoms with Crippen LogP contribution >= 0.6 is 0 Å². The van der Waals surface area contributed by atoms with Gasteiger partial charge in [0, 0.05) is 38.3 Å². The van der Waals surface area contributed by atoms with E-state index in [1.807, 2.05) is 0 Å². The minimum absolute atomic E-state index is 0.274. The molecular weight excluding hydrogens is 250 g/mol. The van der Waals surface area contributed by atoms with Gasteiger partial charge in [0.2, 0.25) is 5.91 Å². The summed E-state index contributed by atoms with van der Waals surface area (Å²) in [4.78, 5) is 17.3. The Morgan fingerprint density at radius 3 is 2.50 bits per heavy atom. The highest BCUT2D eigenvalue weighted by atomic mass is 16.2. The Bertz CT molecular complexity index is 350. The second kappa shape index (κ2) is 6.02. The largest absolute Gasteiger partial charge is 0.340 e. The number of hydrogen-bond donors (Lipinski definition) is 1. The SMILES string of the molecule is CC(C)CCN1CCN(C(=O)C2CC3CCC2N3)CC1. The second-order valence-corrected chi connectivity index (χ2v) is 7.24. The molecule has 1 N–H and O–H groups in total. The summed E-state index contributed by atoms with van der Waals surface area (Å²) in [7, 11) is 0. The van der Waals surface area contributed by atoms with Crippen molar-refractivity contribution in [3.05, 3.63) is 0 Å². The molecule has 0 aromatic carbocycles. The van der Waals surface area contributed by atoms with Gasteiger partial charge in [0.05, 0.1) is 5.92 Å². The number of rotatable bonds is 4. The van der Waals surface area contributed by atoms with Crippen LogP contribution in [0, 0.1) is 11.8 Å². The Morgan fingerprint density at radius 1 is 1.20 bits per heavy atom. The molecule has 3 unspecified atom stereocenters. The highest BCUT2D eigenvalue weighted by molar-refractivity contribution is 5.80. The summed E-state index contributed by atoms with van der Waals surface area (Å²) in [5, 5.41) is 3.58. The molecule has 20 heavy (non-hydrogen) atoms. The molecule has 3 rings (SSSR count). The molecule has 0 radical (unpaired) electrons. The Morgan fingerprint density at radius 2 is 1.95 bits per heavy atom. The molecule has 0 saturated carbocycles. The minimum atomic E-state index is 0.274. The van der Waals surface area contributed by atoms with E-state index in [-0.39, 0.29) is 5.92 Å². The Kier molecular flexibility index (Phi) is 4.32. The topological polar surface area (TPSA) is 35.6 Å². The van der Waals surface area contributed by atoms with Crippen molar-refractivity contribution in [1.82, 2.24) is 15.1 Å². The molecule has 3 heterocycles. The van der Waals surface area contributed by atoms with Crippen molar-refractivity contribution in [3.63, 3.8) is 0 Å². The van der Waals surface area contributed by atoms with Gasteiger partial charge in [0.15, 0.2) is 0 Å². The fraction of sp³-hybridized carbons (Fsp3) is 0.938. The fourth-order valence-corrected chi connectivity index (χ4v) is 3.96. The standard InChI is InChI=1S/C16H29N3O/c1-12(2)5-6-18-7-9-19(10-8-18)16(20)14-11-13-3-4-15(14)17-13/h12-15,17H,3-11H2,1-2H3. The fourth-order valence-electron chi connectivity index (χ4n) is 3.96. The highest BCUT2D eigenvalue weighted by Crippen LogP contribution is 2.34. The lowest BCUT2D eigenvalue weighted by Crippen LogP contribution is -2.51. The van der Waals surface area contributed by atoms with Crippen LogP contribution in [0.3, 0.4) is 0 Å². The smallest absolute Gasteiger partial charge is 0.227 e. The molecule has 0 aromatic heterocycles. The first-order valence-electron chi connectivity index (χ1n) is 8.40. The number of fused-ring (bicyclic) bond motifs is 2. The third kappa shape index (κ3) is 3.01. The average Bonchev–Trinajstić information content (AvgIpc) is 3.07. The lowest BCUT2D eigenvalue weighted by molar-refractivity contribution is -0.138. The Hall–Kier alpha value is -0.610. The number of nitrogens with one attached hydrogen (secondary N) is 1. The molecule has 3 aliphatic heterocycles. The maximum Gasteiger partial charge on any atom is 0.227 e. The van der Waals surface area contributed by atoms with E-state index in [2.05, 4.69) is 29.0 Å². The summed E-state index contributed by atoms with van der Waals surface area (Å²) in [5.74, 6) is 1.47. The molecule has 4 nitrogen and oxygen atoms in total. The molecule has 114 valence electrons. The molecule has 1 amide bonds. The van der Waals surface area contributed by atoms with Crippen molar-refractivity contribution >= 4 is 5.91 Å². The summed E-state index contributed by atoms with van der Waals surface area (Å²) in [5.41, 5.74) is 0. The van der Waals surface area contributed by atoms with Gasteiger partial charge < -0.3 is 10.2 Å².